The maximum atomic E-state index is 13.7. The molecule has 2 aromatic heterocycles. The minimum Gasteiger partial charge on any atom is -0.415 e. The highest BCUT2D eigenvalue weighted by molar-refractivity contribution is 7.93. The lowest BCUT2D eigenvalue weighted by Crippen LogP contribution is -2.43. The van der Waals surface area contributed by atoms with Crippen LogP contribution in [0.1, 0.15) is 44.2 Å². The van der Waals surface area contributed by atoms with Crippen molar-refractivity contribution >= 4 is 27.3 Å². The lowest BCUT2D eigenvalue weighted by molar-refractivity contribution is -0.0222. The molecule has 1 aromatic carbocycles. The van der Waals surface area contributed by atoms with Crippen LogP contribution in [-0.2, 0) is 14.8 Å². The number of rotatable bonds is 7. The second-order valence-electron chi connectivity index (χ2n) is 12.0. The molecule has 1 N–H and O–H groups in total. The van der Waals surface area contributed by atoms with Crippen molar-refractivity contribution in [2.45, 2.75) is 56.6 Å². The van der Waals surface area contributed by atoms with Gasteiger partial charge in [0.05, 0.1) is 30.2 Å². The fourth-order valence-electron chi connectivity index (χ4n) is 5.85. The van der Waals surface area contributed by atoms with E-state index in [1.54, 1.807) is 30.0 Å². The van der Waals surface area contributed by atoms with Crippen LogP contribution >= 0.6 is 0 Å². The van der Waals surface area contributed by atoms with E-state index < -0.39 is 21.2 Å². The average molecular weight is 602 g/mol. The minimum atomic E-state index is -3.57. The number of anilines is 3. The number of alkyl halides is 2. The Labute approximate surface area is 242 Å². The fourth-order valence-corrected chi connectivity index (χ4v) is 7.02. The first-order valence-electron chi connectivity index (χ1n) is 14.4. The molecule has 3 aliphatic heterocycles. The zero-order valence-electron chi connectivity index (χ0n) is 23.4. The number of nitrogens with one attached hydrogen (secondary N) is 1. The Morgan fingerprint density at radius 3 is 2.26 bits per heavy atom. The molecule has 1 aliphatic carbocycles. The lowest BCUT2D eigenvalue weighted by atomic mass is 9.93. The van der Waals surface area contributed by atoms with Crippen LogP contribution in [0.4, 0.5) is 26.1 Å². The molecule has 0 atom stereocenters. The van der Waals surface area contributed by atoms with Crippen LogP contribution in [0, 0.1) is 12.3 Å². The van der Waals surface area contributed by atoms with E-state index in [0.717, 1.165) is 31.6 Å². The molecule has 0 amide bonds. The number of hydrogen-bond acceptors (Lipinski definition) is 10. The summed E-state index contributed by atoms with van der Waals surface area (Å²) in [6.45, 7) is 4.21. The Kier molecular flexibility index (Phi) is 6.61. The van der Waals surface area contributed by atoms with Crippen LogP contribution < -0.4 is 14.5 Å². The van der Waals surface area contributed by atoms with Gasteiger partial charge in [-0.1, -0.05) is 0 Å². The van der Waals surface area contributed by atoms with Crippen molar-refractivity contribution in [3.05, 3.63) is 30.0 Å². The van der Waals surface area contributed by atoms with Gasteiger partial charge in [0.15, 0.2) is 0 Å². The fraction of sp³-hybridized carbons (Fsp3) is 0.571. The van der Waals surface area contributed by atoms with Gasteiger partial charge in [-0.15, -0.1) is 10.2 Å². The minimum absolute atomic E-state index is 0.162. The number of sulfonamides is 1. The van der Waals surface area contributed by atoms with E-state index >= 15 is 0 Å². The monoisotopic (exact) mass is 601 g/mol. The number of piperidine rings is 2. The molecule has 5 heterocycles. The molecule has 42 heavy (non-hydrogen) atoms. The molecular weight excluding hydrogens is 568 g/mol. The first-order valence-corrected chi connectivity index (χ1v) is 15.9. The van der Waals surface area contributed by atoms with Crippen LogP contribution in [0.25, 0.3) is 23.0 Å². The predicted octanol–water partition coefficient (Wildman–Crippen LogP) is 4.26. The topological polar surface area (TPSA) is 127 Å². The van der Waals surface area contributed by atoms with Crippen LogP contribution in [0.5, 0.6) is 0 Å². The quantitative estimate of drug-likeness (QED) is 0.420. The largest absolute Gasteiger partial charge is 0.415 e. The highest BCUT2D eigenvalue weighted by Crippen LogP contribution is 2.54. The van der Waals surface area contributed by atoms with E-state index in [2.05, 4.69) is 29.8 Å². The van der Waals surface area contributed by atoms with Gasteiger partial charge in [-0.2, -0.15) is 0 Å². The third kappa shape index (κ3) is 5.41. The average Bonchev–Trinajstić information content (AvgIpc) is 3.47. The van der Waals surface area contributed by atoms with Gasteiger partial charge >= 0.3 is 0 Å². The standard InChI is InChI=1S/C28H33F2N7O4S/c1-18-14-22(32-26(31-18)37-12-8-28(29,30)9-13-37)25-34-33-24(41-25)21-3-2-19(35-42(38,39)20-16-40-17-20)15-23(21)36-10-6-27(4-5-27)7-11-36/h2-3,14-15,20,35H,4-13,16-17H2,1H3. The van der Waals surface area contributed by atoms with Gasteiger partial charge in [0.2, 0.25) is 21.9 Å². The number of hydrogen-bond donors (Lipinski definition) is 1. The summed E-state index contributed by atoms with van der Waals surface area (Å²) in [6, 6.07) is 7.06. The maximum absolute atomic E-state index is 13.7. The highest BCUT2D eigenvalue weighted by atomic mass is 32.2. The van der Waals surface area contributed by atoms with Gasteiger partial charge in [-0.3, -0.25) is 4.72 Å². The summed E-state index contributed by atoms with van der Waals surface area (Å²) < 4.78 is 66.9. The molecule has 3 aromatic rings. The van der Waals surface area contributed by atoms with E-state index in [1.807, 2.05) is 6.07 Å². The summed E-state index contributed by atoms with van der Waals surface area (Å²) in [5.41, 5.74) is 3.51. The zero-order valence-corrected chi connectivity index (χ0v) is 24.2. The second-order valence-corrected chi connectivity index (χ2v) is 13.9. The third-order valence-corrected chi connectivity index (χ3v) is 10.6. The van der Waals surface area contributed by atoms with Crippen molar-refractivity contribution in [2.75, 3.05) is 53.9 Å². The number of aromatic nitrogens is 4. The number of halogens is 2. The van der Waals surface area contributed by atoms with Crippen molar-refractivity contribution in [3.8, 4) is 23.0 Å². The first-order chi connectivity index (χ1) is 20.1. The SMILES string of the molecule is Cc1cc(-c2nnc(-c3ccc(NS(=O)(=O)C4COC4)cc3N3CCC4(CC3)CC4)o2)nc(N2CCC(F)(F)CC2)n1. The summed E-state index contributed by atoms with van der Waals surface area (Å²) in [7, 11) is -3.57. The Morgan fingerprint density at radius 2 is 1.60 bits per heavy atom. The number of nitrogens with zero attached hydrogens (tertiary/aromatic N) is 6. The Bertz CT molecular complexity index is 1590. The van der Waals surface area contributed by atoms with Crippen LogP contribution in [-0.4, -0.2) is 79.1 Å². The van der Waals surface area contributed by atoms with Crippen molar-refractivity contribution in [2.24, 2.45) is 5.41 Å². The summed E-state index contributed by atoms with van der Waals surface area (Å²) in [6.07, 6.45) is 4.22. The Hall–Kier alpha value is -3.39. The van der Waals surface area contributed by atoms with Crippen molar-refractivity contribution < 1.29 is 26.4 Å². The van der Waals surface area contributed by atoms with Crippen molar-refractivity contribution in [1.82, 2.24) is 20.2 Å². The molecular formula is C28H33F2N7O4S. The third-order valence-electron chi connectivity index (χ3n) is 8.92. The number of ether oxygens (including phenoxy) is 1. The summed E-state index contributed by atoms with van der Waals surface area (Å²) in [5.74, 6) is -1.84. The van der Waals surface area contributed by atoms with Crippen LogP contribution in [0.3, 0.4) is 0 Å². The van der Waals surface area contributed by atoms with Gasteiger partial charge in [-0.25, -0.2) is 27.2 Å². The summed E-state index contributed by atoms with van der Waals surface area (Å²) >= 11 is 0. The van der Waals surface area contributed by atoms with E-state index in [4.69, 9.17) is 9.15 Å². The Morgan fingerprint density at radius 1 is 0.905 bits per heavy atom. The Balaban J connectivity index is 1.18. The summed E-state index contributed by atoms with van der Waals surface area (Å²) in [4.78, 5) is 13.0. The molecule has 7 rings (SSSR count). The van der Waals surface area contributed by atoms with Gasteiger partial charge in [0.25, 0.3) is 11.8 Å². The molecule has 0 bridgehead atoms. The van der Waals surface area contributed by atoms with Crippen LogP contribution in [0.15, 0.2) is 28.7 Å². The van der Waals surface area contributed by atoms with E-state index in [1.165, 1.54) is 12.8 Å². The van der Waals surface area contributed by atoms with Crippen molar-refractivity contribution in [3.63, 3.8) is 0 Å². The number of aryl methyl sites for hydroxylation is 1. The molecule has 3 saturated heterocycles. The van der Waals surface area contributed by atoms with Crippen molar-refractivity contribution in [1.29, 1.82) is 0 Å². The van der Waals surface area contributed by atoms with E-state index in [0.29, 0.717) is 34.0 Å². The zero-order chi connectivity index (χ0) is 29.1. The molecule has 4 fully saturated rings. The predicted molar refractivity (Wildman–Crippen MR) is 152 cm³/mol. The molecule has 0 radical (unpaired) electrons. The molecule has 1 spiro atoms. The smallest absolute Gasteiger partial charge is 0.266 e. The van der Waals surface area contributed by atoms with E-state index in [-0.39, 0.29) is 50.9 Å². The lowest BCUT2D eigenvalue weighted by Gasteiger charge is -2.35. The molecule has 4 aliphatic rings. The van der Waals surface area contributed by atoms with Gasteiger partial charge < -0.3 is 19.0 Å². The summed E-state index contributed by atoms with van der Waals surface area (Å²) in [5, 5.41) is 8.04. The molecule has 0 unspecified atom stereocenters. The molecule has 224 valence electrons. The molecule has 14 heteroatoms. The highest BCUT2D eigenvalue weighted by Gasteiger charge is 2.45. The number of benzene rings is 1. The van der Waals surface area contributed by atoms with Gasteiger partial charge in [0, 0.05) is 44.7 Å². The van der Waals surface area contributed by atoms with Gasteiger partial charge in [-0.05, 0) is 62.3 Å². The van der Waals surface area contributed by atoms with E-state index in [9.17, 15) is 17.2 Å². The first kappa shape index (κ1) is 27.4. The normalized spacial score (nSPS) is 21.8. The maximum Gasteiger partial charge on any atom is 0.266 e. The second kappa shape index (κ2) is 10.1. The van der Waals surface area contributed by atoms with Gasteiger partial charge in [0.1, 0.15) is 10.9 Å². The molecule has 11 nitrogen and oxygen atoms in total. The van der Waals surface area contributed by atoms with Crippen LogP contribution in [0.2, 0.25) is 0 Å². The molecule has 1 saturated carbocycles.